The molecule has 0 aliphatic rings. The number of hydrogen-bond donors (Lipinski definition) is 0. The van der Waals surface area contributed by atoms with Crippen molar-refractivity contribution in [3.8, 4) is 0 Å². The normalized spacial score (nSPS) is 10.7. The molecule has 1 heterocycles. The van der Waals surface area contributed by atoms with Crippen LogP contribution in [0.4, 0.5) is 0 Å². The van der Waals surface area contributed by atoms with Gasteiger partial charge < -0.3 is 0 Å². The molecule has 50 valence electrons. The quantitative estimate of drug-likeness (QED) is 0.600. The second-order valence-corrected chi connectivity index (χ2v) is 2.50. The van der Waals surface area contributed by atoms with Crippen LogP contribution in [-0.4, -0.2) is 15.0 Å². The lowest BCUT2D eigenvalue weighted by atomic mass is 10.4. The Morgan fingerprint density at radius 1 is 1.67 bits per heavy atom. The summed E-state index contributed by atoms with van der Waals surface area (Å²) in [4.78, 5) is 0. The number of rotatable bonds is 1. The van der Waals surface area contributed by atoms with Gasteiger partial charge in [-0.05, 0) is 13.8 Å². The van der Waals surface area contributed by atoms with Gasteiger partial charge in [-0.15, -0.1) is 5.10 Å². The fraction of sp³-hybridized carbons (Fsp3) is 0.600. The van der Waals surface area contributed by atoms with Gasteiger partial charge in [0.25, 0.3) is 0 Å². The lowest BCUT2D eigenvalue weighted by Gasteiger charge is -2.00. The molecule has 0 unspecified atom stereocenters. The molecule has 0 saturated carbocycles. The molecule has 0 amide bonds. The lowest BCUT2D eigenvalue weighted by molar-refractivity contribution is 0.514. The third kappa shape index (κ3) is 1.42. The Kier molecular flexibility index (Phi) is 1.71. The summed E-state index contributed by atoms with van der Waals surface area (Å²) >= 11 is 5.51. The summed E-state index contributed by atoms with van der Waals surface area (Å²) in [6.07, 6.45) is 1.70. The maximum Gasteiger partial charge on any atom is 0.171 e. The highest BCUT2D eigenvalue weighted by Crippen LogP contribution is 2.05. The third-order valence-electron chi connectivity index (χ3n) is 1.01. The van der Waals surface area contributed by atoms with E-state index in [1.54, 1.807) is 10.9 Å². The standard InChI is InChI=1S/C5H8ClN3/c1-4(2)9-3-5(6)7-8-9/h3-4H,1-2H3. The zero-order chi connectivity index (χ0) is 6.85. The summed E-state index contributed by atoms with van der Waals surface area (Å²) in [7, 11) is 0. The van der Waals surface area contributed by atoms with Crippen LogP contribution in [0.3, 0.4) is 0 Å². The van der Waals surface area contributed by atoms with E-state index in [9.17, 15) is 0 Å². The fourth-order valence-electron chi connectivity index (χ4n) is 0.508. The van der Waals surface area contributed by atoms with E-state index in [0.29, 0.717) is 11.2 Å². The number of halogens is 1. The summed E-state index contributed by atoms with van der Waals surface area (Å²) in [6.45, 7) is 4.04. The molecule has 0 aliphatic heterocycles. The van der Waals surface area contributed by atoms with Gasteiger partial charge in [-0.3, -0.25) is 0 Å². The summed E-state index contributed by atoms with van der Waals surface area (Å²) in [6, 6.07) is 0.338. The first kappa shape index (κ1) is 6.55. The van der Waals surface area contributed by atoms with E-state index < -0.39 is 0 Å². The fourth-order valence-corrected chi connectivity index (χ4v) is 0.641. The Labute approximate surface area is 58.6 Å². The van der Waals surface area contributed by atoms with Gasteiger partial charge in [0, 0.05) is 6.04 Å². The Morgan fingerprint density at radius 2 is 2.33 bits per heavy atom. The van der Waals surface area contributed by atoms with E-state index in [2.05, 4.69) is 10.3 Å². The van der Waals surface area contributed by atoms with Crippen molar-refractivity contribution in [1.29, 1.82) is 0 Å². The molecular formula is C5H8ClN3. The molecule has 3 nitrogen and oxygen atoms in total. The summed E-state index contributed by atoms with van der Waals surface area (Å²) in [5, 5.41) is 7.81. The van der Waals surface area contributed by atoms with Crippen molar-refractivity contribution in [2.75, 3.05) is 0 Å². The van der Waals surface area contributed by atoms with E-state index in [1.165, 1.54) is 0 Å². The monoisotopic (exact) mass is 145 g/mol. The van der Waals surface area contributed by atoms with Crippen molar-refractivity contribution in [2.24, 2.45) is 0 Å². The summed E-state index contributed by atoms with van der Waals surface area (Å²) in [5.41, 5.74) is 0. The maximum atomic E-state index is 5.51. The number of aromatic nitrogens is 3. The molecule has 9 heavy (non-hydrogen) atoms. The highest BCUT2D eigenvalue weighted by Gasteiger charge is 1.98. The van der Waals surface area contributed by atoms with Gasteiger partial charge >= 0.3 is 0 Å². The van der Waals surface area contributed by atoms with Crippen LogP contribution in [0.25, 0.3) is 0 Å². The van der Waals surface area contributed by atoms with Crippen molar-refractivity contribution >= 4 is 11.6 Å². The molecule has 0 atom stereocenters. The molecule has 4 heteroatoms. The van der Waals surface area contributed by atoms with Crippen LogP contribution in [-0.2, 0) is 0 Å². The highest BCUT2D eigenvalue weighted by molar-refractivity contribution is 6.29. The molecule has 0 radical (unpaired) electrons. The predicted octanol–water partition coefficient (Wildman–Crippen LogP) is 1.51. The van der Waals surface area contributed by atoms with Crippen LogP contribution >= 0.6 is 11.6 Å². The van der Waals surface area contributed by atoms with Crippen LogP contribution in [0.1, 0.15) is 19.9 Å². The maximum absolute atomic E-state index is 5.51. The molecular weight excluding hydrogens is 138 g/mol. The van der Waals surface area contributed by atoms with E-state index in [1.807, 2.05) is 13.8 Å². The molecule has 1 aromatic heterocycles. The van der Waals surface area contributed by atoms with E-state index in [0.717, 1.165) is 0 Å². The Morgan fingerprint density at radius 3 is 2.56 bits per heavy atom. The molecule has 0 fully saturated rings. The lowest BCUT2D eigenvalue weighted by Crippen LogP contribution is -2.00. The summed E-state index contributed by atoms with van der Waals surface area (Å²) in [5.74, 6) is 0. The molecule has 0 aliphatic carbocycles. The van der Waals surface area contributed by atoms with Crippen LogP contribution in [0, 0.1) is 0 Å². The van der Waals surface area contributed by atoms with Gasteiger partial charge in [-0.2, -0.15) is 0 Å². The SMILES string of the molecule is CC(C)n1cc(Cl)nn1. The molecule has 0 bridgehead atoms. The first-order valence-corrected chi connectivity index (χ1v) is 3.15. The smallest absolute Gasteiger partial charge is 0.171 e. The van der Waals surface area contributed by atoms with Crippen LogP contribution < -0.4 is 0 Å². The minimum atomic E-state index is 0.338. The van der Waals surface area contributed by atoms with Gasteiger partial charge in [0.15, 0.2) is 5.15 Å². The van der Waals surface area contributed by atoms with Crippen molar-refractivity contribution < 1.29 is 0 Å². The van der Waals surface area contributed by atoms with Crippen molar-refractivity contribution in [1.82, 2.24) is 15.0 Å². The molecule has 0 N–H and O–H groups in total. The van der Waals surface area contributed by atoms with Crippen molar-refractivity contribution in [2.45, 2.75) is 19.9 Å². The predicted molar refractivity (Wildman–Crippen MR) is 35.4 cm³/mol. The third-order valence-corrected chi connectivity index (χ3v) is 1.18. The van der Waals surface area contributed by atoms with Crippen LogP contribution in [0.15, 0.2) is 6.20 Å². The van der Waals surface area contributed by atoms with Crippen LogP contribution in [0.5, 0.6) is 0 Å². The summed E-state index contributed by atoms with van der Waals surface area (Å²) < 4.78 is 1.71. The zero-order valence-electron chi connectivity index (χ0n) is 5.37. The van der Waals surface area contributed by atoms with Crippen molar-refractivity contribution in [3.63, 3.8) is 0 Å². The van der Waals surface area contributed by atoms with Gasteiger partial charge in [-0.25, -0.2) is 4.68 Å². The molecule has 0 aromatic carbocycles. The average Bonchev–Trinajstić information content (AvgIpc) is 2.14. The second-order valence-electron chi connectivity index (χ2n) is 2.12. The first-order chi connectivity index (χ1) is 4.20. The molecule has 0 spiro atoms. The Balaban J connectivity index is 2.85. The van der Waals surface area contributed by atoms with Crippen molar-refractivity contribution in [3.05, 3.63) is 11.3 Å². The minimum Gasteiger partial charge on any atom is -0.248 e. The topological polar surface area (TPSA) is 30.7 Å². The van der Waals surface area contributed by atoms with Crippen LogP contribution in [0.2, 0.25) is 5.15 Å². The first-order valence-electron chi connectivity index (χ1n) is 2.77. The second kappa shape index (κ2) is 2.35. The average molecular weight is 146 g/mol. The van der Waals surface area contributed by atoms with E-state index in [4.69, 9.17) is 11.6 Å². The van der Waals surface area contributed by atoms with Gasteiger partial charge in [0.2, 0.25) is 0 Å². The van der Waals surface area contributed by atoms with Gasteiger partial charge in [0.1, 0.15) is 0 Å². The molecule has 1 aromatic rings. The Bertz CT molecular complexity index is 194. The van der Waals surface area contributed by atoms with E-state index >= 15 is 0 Å². The Hall–Kier alpha value is -0.570. The largest absolute Gasteiger partial charge is 0.248 e. The highest BCUT2D eigenvalue weighted by atomic mass is 35.5. The number of nitrogens with zero attached hydrogens (tertiary/aromatic N) is 3. The van der Waals surface area contributed by atoms with E-state index in [-0.39, 0.29) is 0 Å². The molecule has 1 rings (SSSR count). The number of hydrogen-bond acceptors (Lipinski definition) is 2. The zero-order valence-corrected chi connectivity index (χ0v) is 6.13. The van der Waals surface area contributed by atoms with Gasteiger partial charge in [0.05, 0.1) is 6.20 Å². The van der Waals surface area contributed by atoms with Gasteiger partial charge in [-0.1, -0.05) is 16.8 Å². The minimum absolute atomic E-state index is 0.338. The molecule has 0 saturated heterocycles.